The van der Waals surface area contributed by atoms with Crippen molar-refractivity contribution < 1.29 is 32.2 Å². The fourth-order valence-corrected chi connectivity index (χ4v) is 5.75. The first kappa shape index (κ1) is 25.9. The Hall–Kier alpha value is -2.20. The topological polar surface area (TPSA) is 80.8 Å². The van der Waals surface area contributed by atoms with Crippen molar-refractivity contribution in [2.24, 2.45) is 11.3 Å². The number of alkyl halides is 3. The Labute approximate surface area is 203 Å². The third-order valence-electron chi connectivity index (χ3n) is 7.79. The first-order valence-electron chi connectivity index (χ1n) is 12.5. The van der Waals surface area contributed by atoms with E-state index < -0.39 is 29.0 Å². The van der Waals surface area contributed by atoms with Crippen molar-refractivity contribution in [1.82, 2.24) is 15.2 Å². The number of carbonyl (C=O) groups excluding carboxylic acids is 2. The van der Waals surface area contributed by atoms with E-state index >= 15 is 0 Å². The Morgan fingerprint density at radius 1 is 1.29 bits per heavy atom. The second-order valence-electron chi connectivity index (χ2n) is 9.93. The van der Waals surface area contributed by atoms with Crippen LogP contribution in [0.3, 0.4) is 0 Å². The van der Waals surface area contributed by atoms with E-state index in [1.54, 1.807) is 18.7 Å². The fourth-order valence-electron chi connectivity index (χ4n) is 5.75. The van der Waals surface area contributed by atoms with Crippen LogP contribution in [-0.2, 0) is 38.2 Å². The van der Waals surface area contributed by atoms with Gasteiger partial charge in [0, 0.05) is 56.7 Å². The lowest BCUT2D eigenvalue weighted by Crippen LogP contribution is -2.51. The summed E-state index contributed by atoms with van der Waals surface area (Å²) < 4.78 is 50.4. The van der Waals surface area contributed by atoms with E-state index in [2.05, 4.69) is 10.3 Å². The Morgan fingerprint density at radius 2 is 2.03 bits per heavy atom. The van der Waals surface area contributed by atoms with Crippen LogP contribution in [0.1, 0.15) is 62.8 Å². The van der Waals surface area contributed by atoms with Gasteiger partial charge in [0.1, 0.15) is 0 Å². The minimum absolute atomic E-state index is 0.0560. The lowest BCUT2D eigenvalue weighted by Gasteiger charge is -2.40. The molecule has 35 heavy (non-hydrogen) atoms. The van der Waals surface area contributed by atoms with Crippen LogP contribution in [0.15, 0.2) is 12.3 Å². The third-order valence-corrected chi connectivity index (χ3v) is 7.79. The third kappa shape index (κ3) is 5.48. The Bertz CT molecular complexity index is 935. The van der Waals surface area contributed by atoms with Crippen molar-refractivity contribution in [2.45, 2.75) is 77.2 Å². The maximum Gasteiger partial charge on any atom is 0.417 e. The molecule has 2 aliphatic heterocycles. The van der Waals surface area contributed by atoms with Crippen molar-refractivity contribution in [3.05, 3.63) is 29.1 Å². The zero-order valence-corrected chi connectivity index (χ0v) is 20.3. The largest absolute Gasteiger partial charge is 0.466 e. The van der Waals surface area contributed by atoms with Crippen molar-refractivity contribution in [3.63, 3.8) is 0 Å². The second kappa shape index (κ2) is 10.4. The second-order valence-corrected chi connectivity index (χ2v) is 9.93. The number of ether oxygens (including phenoxy) is 2. The smallest absolute Gasteiger partial charge is 0.417 e. The molecule has 1 saturated heterocycles. The summed E-state index contributed by atoms with van der Waals surface area (Å²) in [7, 11) is 0. The predicted molar refractivity (Wildman–Crippen MR) is 121 cm³/mol. The number of rotatable bonds is 6. The molecule has 1 aliphatic carbocycles. The fraction of sp³-hybridized carbons (Fsp3) is 0.720. The van der Waals surface area contributed by atoms with Gasteiger partial charge < -0.3 is 19.7 Å². The minimum Gasteiger partial charge on any atom is -0.466 e. The van der Waals surface area contributed by atoms with E-state index in [0.29, 0.717) is 56.3 Å². The van der Waals surface area contributed by atoms with Crippen molar-refractivity contribution >= 4 is 11.9 Å². The molecule has 1 unspecified atom stereocenters. The highest BCUT2D eigenvalue weighted by Crippen LogP contribution is 2.47. The summed E-state index contributed by atoms with van der Waals surface area (Å²) >= 11 is 0. The van der Waals surface area contributed by atoms with Crippen LogP contribution in [0.25, 0.3) is 0 Å². The molecular formula is C25H34F3N3O4. The number of pyridine rings is 1. The monoisotopic (exact) mass is 497 g/mol. The molecule has 1 aromatic rings. The van der Waals surface area contributed by atoms with Crippen LogP contribution in [0.5, 0.6) is 0 Å². The highest BCUT2D eigenvalue weighted by atomic mass is 19.4. The quantitative estimate of drug-likeness (QED) is 0.606. The molecule has 10 heteroatoms. The van der Waals surface area contributed by atoms with Crippen LogP contribution >= 0.6 is 0 Å². The molecule has 3 heterocycles. The molecule has 1 amide bonds. The molecule has 0 spiro atoms. The Balaban J connectivity index is 1.56. The molecule has 1 N–H and O–H groups in total. The first-order chi connectivity index (χ1) is 16.6. The summed E-state index contributed by atoms with van der Waals surface area (Å²) in [5.74, 6) is -1.25. The van der Waals surface area contributed by atoms with Crippen LogP contribution in [-0.4, -0.2) is 60.2 Å². The first-order valence-corrected chi connectivity index (χ1v) is 12.5. The number of nitrogens with zero attached hydrogens (tertiary/aromatic N) is 2. The number of carbonyl (C=O) groups is 2. The van der Waals surface area contributed by atoms with Crippen LogP contribution in [0.4, 0.5) is 13.2 Å². The average Bonchev–Trinajstić information content (AvgIpc) is 3.27. The summed E-state index contributed by atoms with van der Waals surface area (Å²) in [5.41, 5.74) is -0.781. The van der Waals surface area contributed by atoms with Gasteiger partial charge in [0.05, 0.1) is 23.5 Å². The van der Waals surface area contributed by atoms with Gasteiger partial charge in [-0.25, -0.2) is 0 Å². The molecule has 3 atom stereocenters. The maximum atomic E-state index is 14.0. The molecule has 4 rings (SSSR count). The number of hydrogen-bond acceptors (Lipinski definition) is 6. The molecule has 3 aliphatic rings. The highest BCUT2D eigenvalue weighted by molar-refractivity contribution is 5.89. The molecule has 7 nitrogen and oxygen atoms in total. The SMILES string of the molecule is CCOC(=O)C(C)[C@]1(C(=O)N2CCc3ncc(C(F)(F)F)cc3C2)CC[C@@H](NC2CCOCC2)C1. The number of nitrogens with one attached hydrogen (secondary N) is 1. The number of aromatic nitrogens is 1. The molecule has 0 bridgehead atoms. The zero-order valence-electron chi connectivity index (χ0n) is 20.3. The van der Waals surface area contributed by atoms with Gasteiger partial charge in [-0.05, 0) is 50.7 Å². The van der Waals surface area contributed by atoms with Crippen LogP contribution < -0.4 is 5.32 Å². The summed E-state index contributed by atoms with van der Waals surface area (Å²) in [6.07, 6.45) is 0.311. The number of esters is 1. The molecule has 1 saturated carbocycles. The van der Waals surface area contributed by atoms with Gasteiger partial charge >= 0.3 is 12.1 Å². The van der Waals surface area contributed by atoms with Gasteiger partial charge in [-0.3, -0.25) is 14.6 Å². The Morgan fingerprint density at radius 3 is 2.71 bits per heavy atom. The van der Waals surface area contributed by atoms with E-state index in [9.17, 15) is 22.8 Å². The summed E-state index contributed by atoms with van der Waals surface area (Å²) in [6, 6.07) is 1.48. The standard InChI is InChI=1S/C25H34F3N3O4/c1-3-35-22(32)16(2)24(8-4-20(13-24)30-19-6-10-34-11-7-19)23(33)31-9-5-21-17(15-31)12-18(14-29-21)25(26,27)28/h12,14,16,19-20,30H,3-11,13,15H2,1-2H3/t16?,20-,24+/m1/s1. The molecular weight excluding hydrogens is 463 g/mol. The highest BCUT2D eigenvalue weighted by Gasteiger charge is 2.54. The van der Waals surface area contributed by atoms with E-state index in [0.717, 1.165) is 31.5 Å². The van der Waals surface area contributed by atoms with E-state index in [4.69, 9.17) is 9.47 Å². The summed E-state index contributed by atoms with van der Waals surface area (Å²) in [4.78, 5) is 32.5. The minimum atomic E-state index is -4.50. The van der Waals surface area contributed by atoms with E-state index in [1.165, 1.54) is 0 Å². The normalized spacial score (nSPS) is 26.3. The van der Waals surface area contributed by atoms with Crippen LogP contribution in [0, 0.1) is 11.3 Å². The van der Waals surface area contributed by atoms with Crippen molar-refractivity contribution in [2.75, 3.05) is 26.4 Å². The number of fused-ring (bicyclic) bond motifs is 1. The maximum absolute atomic E-state index is 14.0. The lowest BCUT2D eigenvalue weighted by atomic mass is 9.72. The van der Waals surface area contributed by atoms with Crippen molar-refractivity contribution in [1.29, 1.82) is 0 Å². The number of halogens is 3. The van der Waals surface area contributed by atoms with Gasteiger partial charge in [0.25, 0.3) is 0 Å². The van der Waals surface area contributed by atoms with E-state index in [1.807, 2.05) is 0 Å². The predicted octanol–water partition coefficient (Wildman–Crippen LogP) is 3.49. The van der Waals surface area contributed by atoms with Gasteiger partial charge in [0.2, 0.25) is 5.91 Å². The van der Waals surface area contributed by atoms with Crippen LogP contribution in [0.2, 0.25) is 0 Å². The number of amides is 1. The summed E-state index contributed by atoms with van der Waals surface area (Å²) in [6.45, 7) is 5.52. The molecule has 2 fully saturated rings. The van der Waals surface area contributed by atoms with Gasteiger partial charge in [-0.1, -0.05) is 6.92 Å². The number of hydrogen-bond donors (Lipinski definition) is 1. The molecule has 194 valence electrons. The Kier molecular flexibility index (Phi) is 7.71. The lowest BCUT2D eigenvalue weighted by molar-refractivity contribution is -0.161. The average molecular weight is 498 g/mol. The molecule has 0 aromatic carbocycles. The van der Waals surface area contributed by atoms with Gasteiger partial charge in [-0.2, -0.15) is 13.2 Å². The molecule has 1 aromatic heterocycles. The molecule has 0 radical (unpaired) electrons. The van der Waals surface area contributed by atoms with E-state index in [-0.39, 0.29) is 25.1 Å². The zero-order chi connectivity index (χ0) is 25.2. The van der Waals surface area contributed by atoms with Crippen molar-refractivity contribution in [3.8, 4) is 0 Å². The van der Waals surface area contributed by atoms with Gasteiger partial charge in [0.15, 0.2) is 0 Å². The summed E-state index contributed by atoms with van der Waals surface area (Å²) in [5, 5.41) is 3.66. The van der Waals surface area contributed by atoms with Gasteiger partial charge in [-0.15, -0.1) is 0 Å².